The molecule has 1 rings (SSSR count). The van der Waals surface area contributed by atoms with E-state index in [1.54, 1.807) is 0 Å². The van der Waals surface area contributed by atoms with E-state index in [1.807, 2.05) is 43.1 Å². The molecule has 1 atom stereocenters. The van der Waals surface area contributed by atoms with Crippen LogP contribution < -0.4 is 5.73 Å². The lowest BCUT2D eigenvalue weighted by atomic mass is 10.1. The van der Waals surface area contributed by atoms with E-state index in [-0.39, 0.29) is 18.5 Å². The molecule has 1 aromatic carbocycles. The van der Waals surface area contributed by atoms with Crippen molar-refractivity contribution in [1.82, 2.24) is 4.90 Å². The summed E-state index contributed by atoms with van der Waals surface area (Å²) < 4.78 is 0. The molecule has 0 fully saturated rings. The third kappa shape index (κ3) is 3.53. The number of amides is 1. The number of benzene rings is 1. The van der Waals surface area contributed by atoms with Crippen LogP contribution in [0.1, 0.15) is 18.5 Å². The first-order valence-electron chi connectivity index (χ1n) is 4.74. The average molecular weight is 227 g/mol. The lowest BCUT2D eigenvalue weighted by Crippen LogP contribution is -2.32. The second-order valence-corrected chi connectivity index (χ2v) is 4.05. The molecule has 3 nitrogen and oxygen atoms in total. The molecule has 0 heterocycles. The zero-order chi connectivity index (χ0) is 11.4. The molecule has 0 spiro atoms. The van der Waals surface area contributed by atoms with Gasteiger partial charge in [0.05, 0.1) is 6.54 Å². The average Bonchev–Trinajstić information content (AvgIpc) is 2.15. The summed E-state index contributed by atoms with van der Waals surface area (Å²) in [7, 11) is 1.86. The van der Waals surface area contributed by atoms with E-state index in [0.29, 0.717) is 5.02 Å². The number of halogens is 1. The van der Waals surface area contributed by atoms with Gasteiger partial charge >= 0.3 is 0 Å². The van der Waals surface area contributed by atoms with E-state index >= 15 is 0 Å². The smallest absolute Gasteiger partial charge is 0.231 e. The first-order valence-corrected chi connectivity index (χ1v) is 5.12. The van der Waals surface area contributed by atoms with E-state index in [9.17, 15) is 4.79 Å². The molecule has 0 saturated heterocycles. The van der Waals surface area contributed by atoms with Crippen LogP contribution in [0.15, 0.2) is 24.3 Å². The van der Waals surface area contributed by atoms with Gasteiger partial charge in [-0.15, -0.1) is 0 Å². The number of primary amides is 1. The van der Waals surface area contributed by atoms with Crippen LogP contribution >= 0.6 is 11.6 Å². The Kier molecular flexibility index (Phi) is 4.12. The Morgan fingerprint density at radius 3 is 2.80 bits per heavy atom. The van der Waals surface area contributed by atoms with Gasteiger partial charge in [-0.25, -0.2) is 0 Å². The summed E-state index contributed by atoms with van der Waals surface area (Å²) in [6.07, 6.45) is 0. The minimum atomic E-state index is -0.327. The Balaban J connectivity index is 2.75. The lowest BCUT2D eigenvalue weighted by Gasteiger charge is -2.23. The highest BCUT2D eigenvalue weighted by Gasteiger charge is 2.13. The van der Waals surface area contributed by atoms with Gasteiger partial charge in [-0.2, -0.15) is 0 Å². The summed E-state index contributed by atoms with van der Waals surface area (Å²) >= 11 is 5.89. The molecule has 1 amide bonds. The Hall–Kier alpha value is -1.06. The summed E-state index contributed by atoms with van der Waals surface area (Å²) in [6.45, 7) is 2.25. The number of nitrogens with two attached hydrogens (primary N) is 1. The Labute approximate surface area is 94.8 Å². The van der Waals surface area contributed by atoms with Crippen molar-refractivity contribution in [2.45, 2.75) is 13.0 Å². The Bertz CT molecular complexity index is 354. The van der Waals surface area contributed by atoms with Gasteiger partial charge in [0.15, 0.2) is 0 Å². The number of hydrogen-bond acceptors (Lipinski definition) is 2. The summed E-state index contributed by atoms with van der Waals surface area (Å²) in [5, 5.41) is 0.701. The monoisotopic (exact) mass is 226 g/mol. The maximum atomic E-state index is 10.8. The first-order chi connectivity index (χ1) is 7.00. The maximum absolute atomic E-state index is 10.8. The van der Waals surface area contributed by atoms with Crippen molar-refractivity contribution < 1.29 is 4.79 Å². The number of carbonyl (C=O) groups excluding carboxylic acids is 1. The number of rotatable bonds is 4. The Morgan fingerprint density at radius 2 is 2.27 bits per heavy atom. The van der Waals surface area contributed by atoms with Gasteiger partial charge in [-0.05, 0) is 31.7 Å². The van der Waals surface area contributed by atoms with E-state index in [1.165, 1.54) is 0 Å². The minimum absolute atomic E-state index is 0.121. The van der Waals surface area contributed by atoms with Crippen LogP contribution in [0, 0.1) is 0 Å². The van der Waals surface area contributed by atoms with Gasteiger partial charge in [-0.3, -0.25) is 9.69 Å². The summed E-state index contributed by atoms with van der Waals surface area (Å²) in [4.78, 5) is 12.6. The van der Waals surface area contributed by atoms with Crippen molar-refractivity contribution in [3.05, 3.63) is 34.9 Å². The fraction of sp³-hybridized carbons (Fsp3) is 0.364. The van der Waals surface area contributed by atoms with Crippen molar-refractivity contribution in [3.63, 3.8) is 0 Å². The van der Waals surface area contributed by atoms with Crippen LogP contribution in [0.2, 0.25) is 5.02 Å². The quantitative estimate of drug-likeness (QED) is 0.851. The third-order valence-electron chi connectivity index (χ3n) is 2.40. The molecule has 0 aliphatic rings. The first kappa shape index (κ1) is 12.0. The fourth-order valence-corrected chi connectivity index (χ4v) is 1.60. The van der Waals surface area contributed by atoms with Crippen LogP contribution in [0.4, 0.5) is 0 Å². The summed E-state index contributed by atoms with van der Waals surface area (Å²) in [6, 6.07) is 7.71. The van der Waals surface area contributed by atoms with Gasteiger partial charge in [0.25, 0.3) is 0 Å². The molecular weight excluding hydrogens is 212 g/mol. The van der Waals surface area contributed by atoms with Crippen molar-refractivity contribution in [2.75, 3.05) is 13.6 Å². The normalized spacial score (nSPS) is 12.8. The van der Waals surface area contributed by atoms with Gasteiger partial charge in [-0.1, -0.05) is 23.7 Å². The molecule has 0 aliphatic heterocycles. The standard InChI is InChI=1S/C11H15ClN2O/c1-8(14(2)7-11(13)15)9-4-3-5-10(12)6-9/h3-6,8H,7H2,1-2H3,(H2,13,15)/t8-/m1/s1. The number of nitrogens with zero attached hydrogens (tertiary/aromatic N) is 1. The molecule has 0 aromatic heterocycles. The molecular formula is C11H15ClN2O. The summed E-state index contributed by atoms with van der Waals surface area (Å²) in [5.74, 6) is -0.327. The van der Waals surface area contributed by atoms with Crippen LogP contribution in [0.25, 0.3) is 0 Å². The fourth-order valence-electron chi connectivity index (χ4n) is 1.40. The van der Waals surface area contributed by atoms with E-state index in [2.05, 4.69) is 0 Å². The van der Waals surface area contributed by atoms with Gasteiger partial charge in [0.2, 0.25) is 5.91 Å². The lowest BCUT2D eigenvalue weighted by molar-refractivity contribution is -0.119. The highest BCUT2D eigenvalue weighted by Crippen LogP contribution is 2.21. The predicted molar refractivity (Wildman–Crippen MR) is 61.7 cm³/mol. The molecule has 15 heavy (non-hydrogen) atoms. The molecule has 2 N–H and O–H groups in total. The number of likely N-dealkylation sites (N-methyl/N-ethyl adjacent to an activating group) is 1. The molecule has 1 aromatic rings. The Morgan fingerprint density at radius 1 is 1.60 bits per heavy atom. The molecule has 4 heteroatoms. The second-order valence-electron chi connectivity index (χ2n) is 3.61. The zero-order valence-corrected chi connectivity index (χ0v) is 9.66. The number of hydrogen-bond donors (Lipinski definition) is 1. The highest BCUT2D eigenvalue weighted by molar-refractivity contribution is 6.30. The second kappa shape index (κ2) is 5.14. The van der Waals surface area contributed by atoms with Gasteiger partial charge in [0, 0.05) is 11.1 Å². The van der Waals surface area contributed by atoms with E-state index in [4.69, 9.17) is 17.3 Å². The zero-order valence-electron chi connectivity index (χ0n) is 8.90. The van der Waals surface area contributed by atoms with Crippen molar-refractivity contribution >= 4 is 17.5 Å². The maximum Gasteiger partial charge on any atom is 0.231 e. The van der Waals surface area contributed by atoms with E-state index < -0.39 is 0 Å². The van der Waals surface area contributed by atoms with Gasteiger partial charge < -0.3 is 5.73 Å². The van der Waals surface area contributed by atoms with Crippen LogP contribution in [0.5, 0.6) is 0 Å². The van der Waals surface area contributed by atoms with Crippen molar-refractivity contribution in [1.29, 1.82) is 0 Å². The van der Waals surface area contributed by atoms with Crippen molar-refractivity contribution in [2.24, 2.45) is 5.73 Å². The molecule has 0 unspecified atom stereocenters. The number of carbonyl (C=O) groups is 1. The molecule has 0 aliphatic carbocycles. The summed E-state index contributed by atoms with van der Waals surface area (Å²) in [5.41, 5.74) is 6.21. The van der Waals surface area contributed by atoms with Crippen molar-refractivity contribution in [3.8, 4) is 0 Å². The molecule has 82 valence electrons. The van der Waals surface area contributed by atoms with Crippen LogP contribution in [-0.4, -0.2) is 24.4 Å². The van der Waals surface area contributed by atoms with Gasteiger partial charge in [0.1, 0.15) is 0 Å². The van der Waals surface area contributed by atoms with Crippen LogP contribution in [0.3, 0.4) is 0 Å². The minimum Gasteiger partial charge on any atom is -0.369 e. The largest absolute Gasteiger partial charge is 0.369 e. The topological polar surface area (TPSA) is 46.3 Å². The SMILES string of the molecule is C[C@H](c1cccc(Cl)c1)N(C)CC(N)=O. The molecule has 0 saturated carbocycles. The molecule has 0 radical (unpaired) electrons. The van der Waals surface area contributed by atoms with E-state index in [0.717, 1.165) is 5.56 Å². The van der Waals surface area contributed by atoms with Crippen LogP contribution in [-0.2, 0) is 4.79 Å². The predicted octanol–water partition coefficient (Wildman–Crippen LogP) is 1.82. The molecule has 0 bridgehead atoms. The highest BCUT2D eigenvalue weighted by atomic mass is 35.5. The third-order valence-corrected chi connectivity index (χ3v) is 2.63.